The molecule has 1 N–H and O–H groups in total. The first-order valence-corrected chi connectivity index (χ1v) is 10.0. The third kappa shape index (κ3) is 3.44. The number of carbonyl (C=O) groups excluding carboxylic acids is 1. The molecule has 0 saturated carbocycles. The number of ether oxygens (including phenoxy) is 2. The maximum atomic E-state index is 12.6. The van der Waals surface area contributed by atoms with E-state index in [2.05, 4.69) is 32.3 Å². The number of benzene rings is 2. The number of nitrogens with zero attached hydrogens (tertiary/aromatic N) is 1. The molecule has 2 aromatic carbocycles. The third-order valence-electron chi connectivity index (χ3n) is 4.52. The molecule has 1 aliphatic rings. The van der Waals surface area contributed by atoms with Crippen molar-refractivity contribution in [3.63, 3.8) is 0 Å². The van der Waals surface area contributed by atoms with Gasteiger partial charge in [0.05, 0.1) is 24.4 Å². The average Bonchev–Trinajstić information content (AvgIpc) is 3.10. The maximum absolute atomic E-state index is 12.6. The Morgan fingerprint density at radius 3 is 2.74 bits per heavy atom. The zero-order valence-corrected chi connectivity index (χ0v) is 17.2. The van der Waals surface area contributed by atoms with Crippen LogP contribution in [0.5, 0.6) is 11.5 Å². The minimum atomic E-state index is -0.195. The molecular weight excluding hydrogens is 428 g/mol. The van der Waals surface area contributed by atoms with E-state index in [1.54, 1.807) is 32.4 Å². The molecule has 0 bridgehead atoms. The molecule has 27 heavy (non-hydrogen) atoms. The van der Waals surface area contributed by atoms with E-state index >= 15 is 0 Å². The van der Waals surface area contributed by atoms with Crippen molar-refractivity contribution in [2.45, 2.75) is 12.8 Å². The van der Waals surface area contributed by atoms with Crippen LogP contribution in [-0.4, -0.2) is 25.1 Å². The van der Waals surface area contributed by atoms with E-state index < -0.39 is 0 Å². The van der Waals surface area contributed by atoms with Crippen molar-refractivity contribution < 1.29 is 14.3 Å². The smallest absolute Gasteiger partial charge is 0.257 e. The topological polar surface area (TPSA) is 60.5 Å². The van der Waals surface area contributed by atoms with E-state index in [0.717, 1.165) is 34.3 Å². The fourth-order valence-electron chi connectivity index (χ4n) is 3.15. The van der Waals surface area contributed by atoms with E-state index in [0.29, 0.717) is 16.4 Å². The number of amides is 1. The highest BCUT2D eigenvalue weighted by Gasteiger charge is 2.22. The minimum Gasteiger partial charge on any atom is -0.497 e. The molecule has 7 heteroatoms. The van der Waals surface area contributed by atoms with Crippen LogP contribution in [0.4, 0.5) is 5.13 Å². The molecule has 3 aromatic rings. The normalized spacial score (nSPS) is 12.1. The second kappa shape index (κ2) is 7.32. The zero-order chi connectivity index (χ0) is 19.0. The number of hydrogen-bond donors (Lipinski definition) is 1. The van der Waals surface area contributed by atoms with Gasteiger partial charge in [0.15, 0.2) is 5.13 Å². The van der Waals surface area contributed by atoms with Crippen molar-refractivity contribution in [2.24, 2.45) is 0 Å². The number of methoxy groups -OCH3 is 2. The van der Waals surface area contributed by atoms with Gasteiger partial charge in [-0.05, 0) is 70.7 Å². The molecule has 138 valence electrons. The minimum absolute atomic E-state index is 0.195. The Kier molecular flexibility index (Phi) is 4.88. The quantitative estimate of drug-likeness (QED) is 0.618. The van der Waals surface area contributed by atoms with Crippen LogP contribution in [0.2, 0.25) is 0 Å². The fraction of sp³-hybridized carbons (Fsp3) is 0.200. The number of thiazole rings is 1. The summed E-state index contributed by atoms with van der Waals surface area (Å²) in [6, 6.07) is 11.3. The number of carbonyl (C=O) groups is 1. The summed E-state index contributed by atoms with van der Waals surface area (Å²) in [4.78, 5) is 18.5. The largest absolute Gasteiger partial charge is 0.497 e. The number of anilines is 1. The predicted octanol–water partition coefficient (Wildman–Crippen LogP) is 4.94. The van der Waals surface area contributed by atoms with Gasteiger partial charge in [-0.25, -0.2) is 4.98 Å². The van der Waals surface area contributed by atoms with Crippen LogP contribution >= 0.6 is 27.3 Å². The molecule has 0 saturated heterocycles. The fourth-order valence-corrected chi connectivity index (χ4v) is 4.66. The molecule has 0 atom stereocenters. The number of hydrogen-bond acceptors (Lipinski definition) is 5. The summed E-state index contributed by atoms with van der Waals surface area (Å²) >= 11 is 4.94. The molecular formula is C20H17BrN2O3S. The lowest BCUT2D eigenvalue weighted by Crippen LogP contribution is -2.11. The van der Waals surface area contributed by atoms with Crippen molar-refractivity contribution in [3.05, 3.63) is 56.9 Å². The van der Waals surface area contributed by atoms with E-state index in [4.69, 9.17) is 9.47 Å². The Morgan fingerprint density at radius 2 is 2.00 bits per heavy atom. The third-order valence-corrected chi connectivity index (χ3v) is 6.17. The second-order valence-corrected chi connectivity index (χ2v) is 8.06. The number of aryl methyl sites for hydroxylation is 2. The van der Waals surface area contributed by atoms with E-state index in [1.807, 2.05) is 12.1 Å². The summed E-state index contributed by atoms with van der Waals surface area (Å²) < 4.78 is 11.3. The first-order chi connectivity index (χ1) is 13.1. The summed E-state index contributed by atoms with van der Waals surface area (Å²) in [6.45, 7) is 0. The van der Waals surface area contributed by atoms with Crippen LogP contribution in [-0.2, 0) is 12.8 Å². The van der Waals surface area contributed by atoms with Gasteiger partial charge < -0.3 is 9.47 Å². The Balaban J connectivity index is 1.59. The molecule has 0 aliphatic heterocycles. The van der Waals surface area contributed by atoms with Crippen molar-refractivity contribution in [2.75, 3.05) is 19.5 Å². The predicted molar refractivity (Wildman–Crippen MR) is 110 cm³/mol. The van der Waals surface area contributed by atoms with Crippen LogP contribution in [0.3, 0.4) is 0 Å². The first kappa shape index (κ1) is 18.0. The van der Waals surface area contributed by atoms with Crippen LogP contribution in [0.15, 0.2) is 40.9 Å². The van der Waals surface area contributed by atoms with Gasteiger partial charge in [0.1, 0.15) is 11.5 Å². The average molecular weight is 445 g/mol. The van der Waals surface area contributed by atoms with Gasteiger partial charge in [-0.2, -0.15) is 0 Å². The Bertz CT molecular complexity index is 1030. The molecule has 0 unspecified atom stereocenters. The number of fused-ring (bicyclic) bond motifs is 3. The second-order valence-electron chi connectivity index (χ2n) is 6.12. The number of nitrogens with one attached hydrogen (secondary N) is 1. The van der Waals surface area contributed by atoms with Gasteiger partial charge >= 0.3 is 0 Å². The first-order valence-electron chi connectivity index (χ1n) is 8.41. The highest BCUT2D eigenvalue weighted by Crippen LogP contribution is 2.39. The van der Waals surface area contributed by atoms with Gasteiger partial charge in [0, 0.05) is 16.0 Å². The molecule has 0 spiro atoms. The van der Waals surface area contributed by atoms with Gasteiger partial charge in [-0.3, -0.25) is 10.1 Å². The molecule has 1 aromatic heterocycles. The molecule has 0 fully saturated rings. The SMILES string of the molecule is COc1ccc2c(c1)CCc1sc(NC(=O)c3ccc(OC)c(Br)c3)nc1-2. The van der Waals surface area contributed by atoms with Crippen LogP contribution < -0.4 is 14.8 Å². The molecule has 4 rings (SSSR count). The molecule has 1 aliphatic carbocycles. The van der Waals surface area contributed by atoms with Gasteiger partial charge in [-0.15, -0.1) is 11.3 Å². The van der Waals surface area contributed by atoms with Crippen molar-refractivity contribution in [1.29, 1.82) is 0 Å². The van der Waals surface area contributed by atoms with Crippen molar-refractivity contribution in [3.8, 4) is 22.8 Å². The number of rotatable bonds is 4. The van der Waals surface area contributed by atoms with E-state index in [-0.39, 0.29) is 5.91 Å². The van der Waals surface area contributed by atoms with Crippen molar-refractivity contribution in [1.82, 2.24) is 4.98 Å². The monoisotopic (exact) mass is 444 g/mol. The number of halogens is 1. The van der Waals surface area contributed by atoms with E-state index in [1.165, 1.54) is 21.8 Å². The zero-order valence-electron chi connectivity index (χ0n) is 14.8. The molecule has 1 amide bonds. The van der Waals surface area contributed by atoms with Gasteiger partial charge in [0.25, 0.3) is 5.91 Å². The van der Waals surface area contributed by atoms with Crippen molar-refractivity contribution >= 4 is 38.3 Å². The molecule has 0 radical (unpaired) electrons. The summed E-state index contributed by atoms with van der Waals surface area (Å²) in [5.74, 6) is 1.34. The maximum Gasteiger partial charge on any atom is 0.257 e. The van der Waals surface area contributed by atoms with Crippen LogP contribution in [0.1, 0.15) is 20.8 Å². The summed E-state index contributed by atoms with van der Waals surface area (Å²) in [6.07, 6.45) is 1.86. The van der Waals surface area contributed by atoms with Gasteiger partial charge in [0.2, 0.25) is 0 Å². The lowest BCUT2D eigenvalue weighted by atomic mass is 9.93. The summed E-state index contributed by atoms with van der Waals surface area (Å²) in [5, 5.41) is 3.53. The van der Waals surface area contributed by atoms with E-state index in [9.17, 15) is 4.79 Å². The summed E-state index contributed by atoms with van der Waals surface area (Å²) in [5.41, 5.74) is 3.83. The Morgan fingerprint density at radius 1 is 1.15 bits per heavy atom. The highest BCUT2D eigenvalue weighted by atomic mass is 79.9. The highest BCUT2D eigenvalue weighted by molar-refractivity contribution is 9.10. The Hall–Kier alpha value is -2.38. The molecule has 5 nitrogen and oxygen atoms in total. The lowest BCUT2D eigenvalue weighted by molar-refractivity contribution is 0.102. The number of aromatic nitrogens is 1. The lowest BCUT2D eigenvalue weighted by Gasteiger charge is -2.15. The summed E-state index contributed by atoms with van der Waals surface area (Å²) in [7, 11) is 3.26. The van der Waals surface area contributed by atoms with Crippen LogP contribution in [0, 0.1) is 0 Å². The standard InChI is InChI=1S/C20H17BrN2O3S/c1-25-13-5-6-14-11(9-13)4-8-17-18(14)22-20(27-17)23-19(24)12-3-7-16(26-2)15(21)10-12/h3,5-7,9-10H,4,8H2,1-2H3,(H,22,23,24). The Labute approximate surface area is 169 Å². The molecule has 1 heterocycles. The van der Waals surface area contributed by atoms with Crippen LogP contribution in [0.25, 0.3) is 11.3 Å². The van der Waals surface area contributed by atoms with Gasteiger partial charge in [-0.1, -0.05) is 0 Å².